The number of para-hydroxylation sites is 2. The van der Waals surface area contributed by atoms with Crippen molar-refractivity contribution in [2.24, 2.45) is 0 Å². The summed E-state index contributed by atoms with van der Waals surface area (Å²) in [5.74, 6) is 0. The molecule has 3 aromatic rings. The molecule has 0 saturated heterocycles. The molecule has 0 spiro atoms. The zero-order valence-electron chi connectivity index (χ0n) is 16.4. The Morgan fingerprint density at radius 3 is 1.41 bits per heavy atom. The highest BCUT2D eigenvalue weighted by Gasteiger charge is 2.43. The lowest BCUT2D eigenvalue weighted by Crippen LogP contribution is -2.27. The standard InChI is InChI=1S/C24H27N3/c1-23(2)15-9-5-7-11-17(15)26-21(23)19-13-14-20(25-19)22-24(3,4)16-10-6-8-12-18(16)27-22/h5-14,21-22,25-27H,1-4H3. The molecule has 2 unspecified atom stereocenters. The summed E-state index contributed by atoms with van der Waals surface area (Å²) in [6.45, 7) is 9.30. The maximum atomic E-state index is 3.75. The summed E-state index contributed by atoms with van der Waals surface area (Å²) in [7, 11) is 0. The lowest BCUT2D eigenvalue weighted by atomic mass is 9.79. The molecule has 3 nitrogen and oxygen atoms in total. The van der Waals surface area contributed by atoms with Gasteiger partial charge in [-0.05, 0) is 35.4 Å². The van der Waals surface area contributed by atoms with Crippen LogP contribution in [0.3, 0.4) is 0 Å². The number of hydrogen-bond acceptors (Lipinski definition) is 2. The van der Waals surface area contributed by atoms with Crippen LogP contribution in [0.1, 0.15) is 62.3 Å². The Kier molecular flexibility index (Phi) is 3.31. The largest absolute Gasteiger partial charge is 0.376 e. The number of anilines is 2. The molecule has 138 valence electrons. The fourth-order valence-electron chi connectivity index (χ4n) is 5.02. The van der Waals surface area contributed by atoms with Crippen molar-refractivity contribution in [3.05, 3.63) is 83.2 Å². The fraction of sp³-hybridized carbons (Fsp3) is 0.333. The van der Waals surface area contributed by atoms with Gasteiger partial charge in [0.15, 0.2) is 0 Å². The van der Waals surface area contributed by atoms with Gasteiger partial charge in [0, 0.05) is 33.6 Å². The predicted molar refractivity (Wildman–Crippen MR) is 112 cm³/mol. The Hall–Kier alpha value is -2.68. The summed E-state index contributed by atoms with van der Waals surface area (Å²) in [4.78, 5) is 3.75. The van der Waals surface area contributed by atoms with Crippen LogP contribution in [-0.4, -0.2) is 4.98 Å². The molecule has 2 atom stereocenters. The molecule has 3 heteroatoms. The fourth-order valence-corrected chi connectivity index (χ4v) is 5.02. The molecule has 2 aromatic carbocycles. The minimum Gasteiger partial charge on any atom is -0.376 e. The van der Waals surface area contributed by atoms with Gasteiger partial charge in [0.25, 0.3) is 0 Å². The zero-order valence-corrected chi connectivity index (χ0v) is 16.4. The second-order valence-corrected chi connectivity index (χ2v) is 9.06. The van der Waals surface area contributed by atoms with Gasteiger partial charge in [0.2, 0.25) is 0 Å². The van der Waals surface area contributed by atoms with Crippen LogP contribution in [0.5, 0.6) is 0 Å². The smallest absolute Gasteiger partial charge is 0.0755 e. The van der Waals surface area contributed by atoms with Gasteiger partial charge in [0.1, 0.15) is 0 Å². The molecular weight excluding hydrogens is 330 g/mol. The van der Waals surface area contributed by atoms with Gasteiger partial charge in [-0.15, -0.1) is 0 Å². The molecular formula is C24H27N3. The van der Waals surface area contributed by atoms with Crippen LogP contribution in [0, 0.1) is 0 Å². The first-order valence-corrected chi connectivity index (χ1v) is 9.80. The first-order chi connectivity index (χ1) is 12.9. The molecule has 0 saturated carbocycles. The maximum Gasteiger partial charge on any atom is 0.0755 e. The molecule has 0 aliphatic carbocycles. The number of rotatable bonds is 2. The van der Waals surface area contributed by atoms with Crippen molar-refractivity contribution in [3.8, 4) is 0 Å². The average Bonchev–Trinajstić information content (AvgIpc) is 3.29. The number of H-pyrrole nitrogens is 1. The van der Waals surface area contributed by atoms with E-state index in [-0.39, 0.29) is 22.9 Å². The summed E-state index contributed by atoms with van der Waals surface area (Å²) in [5, 5.41) is 7.46. The molecule has 3 heterocycles. The maximum absolute atomic E-state index is 3.75. The number of hydrogen-bond donors (Lipinski definition) is 3. The van der Waals surface area contributed by atoms with E-state index < -0.39 is 0 Å². The summed E-state index contributed by atoms with van der Waals surface area (Å²) >= 11 is 0. The van der Waals surface area contributed by atoms with E-state index in [1.165, 1.54) is 33.9 Å². The van der Waals surface area contributed by atoms with E-state index in [9.17, 15) is 0 Å². The van der Waals surface area contributed by atoms with E-state index in [4.69, 9.17) is 0 Å². The van der Waals surface area contributed by atoms with E-state index in [1.54, 1.807) is 0 Å². The van der Waals surface area contributed by atoms with Gasteiger partial charge in [0.05, 0.1) is 12.1 Å². The van der Waals surface area contributed by atoms with Gasteiger partial charge in [-0.1, -0.05) is 64.1 Å². The third kappa shape index (κ3) is 2.27. The van der Waals surface area contributed by atoms with Gasteiger partial charge < -0.3 is 15.6 Å². The van der Waals surface area contributed by atoms with Crippen LogP contribution in [0.25, 0.3) is 0 Å². The topological polar surface area (TPSA) is 39.8 Å². The van der Waals surface area contributed by atoms with Crippen molar-refractivity contribution in [1.82, 2.24) is 4.98 Å². The van der Waals surface area contributed by atoms with E-state index in [0.29, 0.717) is 0 Å². The Morgan fingerprint density at radius 2 is 1.00 bits per heavy atom. The second-order valence-electron chi connectivity index (χ2n) is 9.06. The molecule has 27 heavy (non-hydrogen) atoms. The van der Waals surface area contributed by atoms with Crippen molar-refractivity contribution in [2.75, 3.05) is 10.6 Å². The molecule has 1 aromatic heterocycles. The average molecular weight is 358 g/mol. The van der Waals surface area contributed by atoms with Crippen molar-refractivity contribution in [2.45, 2.75) is 50.6 Å². The normalized spacial score (nSPS) is 24.0. The van der Waals surface area contributed by atoms with Crippen molar-refractivity contribution in [3.63, 3.8) is 0 Å². The van der Waals surface area contributed by atoms with Crippen LogP contribution in [0.15, 0.2) is 60.7 Å². The minimum atomic E-state index is 0.0420. The lowest BCUT2D eigenvalue weighted by Gasteiger charge is -2.28. The van der Waals surface area contributed by atoms with Crippen molar-refractivity contribution >= 4 is 11.4 Å². The highest BCUT2D eigenvalue weighted by atomic mass is 15.0. The molecule has 0 fully saturated rings. The Morgan fingerprint density at radius 1 is 0.593 bits per heavy atom. The lowest BCUT2D eigenvalue weighted by molar-refractivity contribution is 0.454. The highest BCUT2D eigenvalue weighted by molar-refractivity contribution is 5.64. The molecule has 0 bridgehead atoms. The summed E-state index contributed by atoms with van der Waals surface area (Å²) in [5.41, 5.74) is 7.85. The Labute approximate surface area is 161 Å². The number of benzene rings is 2. The molecule has 5 rings (SSSR count). The van der Waals surface area contributed by atoms with E-state index >= 15 is 0 Å². The molecule has 3 N–H and O–H groups in total. The third-order valence-corrected chi connectivity index (χ3v) is 6.64. The number of aromatic nitrogens is 1. The number of aromatic amines is 1. The zero-order chi connectivity index (χ0) is 18.8. The highest BCUT2D eigenvalue weighted by Crippen LogP contribution is 2.50. The Bertz CT molecular complexity index is 932. The molecule has 0 radical (unpaired) electrons. The van der Waals surface area contributed by atoms with Gasteiger partial charge in [-0.3, -0.25) is 0 Å². The molecule has 2 aliphatic heterocycles. The monoisotopic (exact) mass is 357 g/mol. The van der Waals surface area contributed by atoms with Crippen molar-refractivity contribution < 1.29 is 0 Å². The van der Waals surface area contributed by atoms with E-state index in [1.807, 2.05) is 0 Å². The van der Waals surface area contributed by atoms with Crippen LogP contribution >= 0.6 is 0 Å². The second kappa shape index (κ2) is 5.41. The number of nitrogens with one attached hydrogen (secondary N) is 3. The van der Waals surface area contributed by atoms with Gasteiger partial charge in [-0.25, -0.2) is 0 Å². The first kappa shape index (κ1) is 16.5. The van der Waals surface area contributed by atoms with E-state index in [2.05, 4.69) is 104 Å². The molecule has 0 amide bonds. The van der Waals surface area contributed by atoms with Crippen LogP contribution < -0.4 is 10.6 Å². The predicted octanol–water partition coefficient (Wildman–Crippen LogP) is 5.90. The quantitative estimate of drug-likeness (QED) is 0.534. The summed E-state index contributed by atoms with van der Waals surface area (Å²) < 4.78 is 0. The van der Waals surface area contributed by atoms with Gasteiger partial charge in [-0.2, -0.15) is 0 Å². The number of fused-ring (bicyclic) bond motifs is 2. The van der Waals surface area contributed by atoms with E-state index in [0.717, 1.165) is 0 Å². The van der Waals surface area contributed by atoms with Crippen LogP contribution in [0.4, 0.5) is 11.4 Å². The summed E-state index contributed by atoms with van der Waals surface area (Å²) in [6, 6.07) is 22.3. The SMILES string of the molecule is CC1(C)c2ccccc2NC1c1ccc(C2Nc3ccccc3C2(C)C)[nH]1. The van der Waals surface area contributed by atoms with Crippen molar-refractivity contribution in [1.29, 1.82) is 0 Å². The van der Waals surface area contributed by atoms with Crippen LogP contribution in [0.2, 0.25) is 0 Å². The minimum absolute atomic E-state index is 0.0420. The van der Waals surface area contributed by atoms with Crippen LogP contribution in [-0.2, 0) is 10.8 Å². The summed E-state index contributed by atoms with van der Waals surface area (Å²) in [6.07, 6.45) is 0. The third-order valence-electron chi connectivity index (χ3n) is 6.64. The van der Waals surface area contributed by atoms with Gasteiger partial charge >= 0.3 is 0 Å². The first-order valence-electron chi connectivity index (χ1n) is 9.80. The molecule has 2 aliphatic rings. The Balaban J connectivity index is 1.49.